The number of hydrogen-bond acceptors (Lipinski definition) is 4. The van der Waals surface area contributed by atoms with E-state index < -0.39 is 11.3 Å². The van der Waals surface area contributed by atoms with Crippen LogP contribution in [0.15, 0.2) is 59.5 Å². The molecule has 2 aromatic heterocycles. The molecule has 0 aliphatic carbocycles. The van der Waals surface area contributed by atoms with Gasteiger partial charge >= 0.3 is 0 Å². The van der Waals surface area contributed by atoms with Gasteiger partial charge in [-0.1, -0.05) is 17.7 Å². The Morgan fingerprint density at radius 1 is 1.19 bits per heavy atom. The number of nitrogens with one attached hydrogen (secondary N) is 2. The number of rotatable bonds is 3. The maximum absolute atomic E-state index is 12.7. The fraction of sp³-hybridized carbons (Fsp3) is 0.0526. The molecule has 1 amide bonds. The first-order valence-electron chi connectivity index (χ1n) is 8.13. The molecule has 0 spiro atoms. The first-order chi connectivity index (χ1) is 13.0. The molecule has 0 fully saturated rings. The number of H-pyrrole nitrogens is 1. The van der Waals surface area contributed by atoms with Crippen molar-refractivity contribution in [3.8, 4) is 5.69 Å². The lowest BCUT2D eigenvalue weighted by atomic mass is 10.2. The van der Waals surface area contributed by atoms with Crippen LogP contribution in [0.25, 0.3) is 16.6 Å². The Morgan fingerprint density at radius 3 is 2.74 bits per heavy atom. The highest BCUT2D eigenvalue weighted by molar-refractivity contribution is 6.30. The van der Waals surface area contributed by atoms with Crippen molar-refractivity contribution >= 4 is 34.1 Å². The molecule has 134 valence electrons. The lowest BCUT2D eigenvalue weighted by Crippen LogP contribution is -2.26. The van der Waals surface area contributed by atoms with Gasteiger partial charge in [-0.2, -0.15) is 10.2 Å². The number of carbonyl (C=O) groups excluding carboxylic acids is 1. The summed E-state index contributed by atoms with van der Waals surface area (Å²) < 4.78 is 1.53. The first-order valence-corrected chi connectivity index (χ1v) is 8.51. The second-order valence-corrected chi connectivity index (χ2v) is 6.41. The number of hydrogen-bond donors (Lipinski definition) is 2. The molecule has 0 unspecified atom stereocenters. The predicted molar refractivity (Wildman–Crippen MR) is 104 cm³/mol. The third kappa shape index (κ3) is 3.20. The van der Waals surface area contributed by atoms with Crippen LogP contribution in [0, 0.1) is 6.92 Å². The Kier molecular flexibility index (Phi) is 4.21. The van der Waals surface area contributed by atoms with Crippen molar-refractivity contribution in [1.29, 1.82) is 0 Å². The lowest BCUT2D eigenvalue weighted by Gasteiger charge is -2.11. The van der Waals surface area contributed by atoms with Crippen LogP contribution in [0.5, 0.6) is 0 Å². The molecule has 0 atom stereocenters. The van der Waals surface area contributed by atoms with Crippen LogP contribution in [-0.4, -0.2) is 25.9 Å². The van der Waals surface area contributed by atoms with E-state index in [0.29, 0.717) is 22.1 Å². The number of aryl methyl sites for hydroxylation is 1. The van der Waals surface area contributed by atoms with Crippen molar-refractivity contribution in [3.05, 3.63) is 81.4 Å². The van der Waals surface area contributed by atoms with Gasteiger partial charge in [0.15, 0.2) is 5.69 Å². The van der Waals surface area contributed by atoms with Crippen molar-refractivity contribution < 1.29 is 4.79 Å². The standard InChI is InChI=1S/C19H14ClN5O2/c1-11-9-17(26)18(24-25(11)13-7-5-12(20)6-8-13)19(27)22-15-3-2-4-16-14(15)10-21-23-16/h2-10H,1H3,(H,21,23)(H,22,27). The quantitative estimate of drug-likeness (QED) is 0.571. The normalized spacial score (nSPS) is 10.9. The molecule has 0 radical (unpaired) electrons. The summed E-state index contributed by atoms with van der Waals surface area (Å²) in [6, 6.07) is 13.7. The number of benzene rings is 2. The van der Waals surface area contributed by atoms with Crippen molar-refractivity contribution in [1.82, 2.24) is 20.0 Å². The number of aromatic nitrogens is 4. The van der Waals surface area contributed by atoms with Gasteiger partial charge in [-0.25, -0.2) is 4.68 Å². The third-order valence-corrected chi connectivity index (χ3v) is 4.38. The fourth-order valence-corrected chi connectivity index (χ4v) is 2.93. The van der Waals surface area contributed by atoms with Crippen LogP contribution < -0.4 is 10.7 Å². The molecule has 0 saturated heterocycles. The van der Waals surface area contributed by atoms with E-state index in [0.717, 1.165) is 10.9 Å². The van der Waals surface area contributed by atoms with Gasteiger partial charge in [-0.3, -0.25) is 14.7 Å². The summed E-state index contributed by atoms with van der Waals surface area (Å²) in [6.07, 6.45) is 1.61. The number of amides is 1. The predicted octanol–water partition coefficient (Wildman–Crippen LogP) is 3.32. The number of fused-ring (bicyclic) bond motifs is 1. The molecular formula is C19H14ClN5O2. The monoisotopic (exact) mass is 379 g/mol. The van der Waals surface area contributed by atoms with Crippen LogP contribution in [0.3, 0.4) is 0 Å². The van der Waals surface area contributed by atoms with E-state index >= 15 is 0 Å². The molecule has 27 heavy (non-hydrogen) atoms. The van der Waals surface area contributed by atoms with Crippen molar-refractivity contribution in [3.63, 3.8) is 0 Å². The van der Waals surface area contributed by atoms with Gasteiger partial charge in [0.2, 0.25) is 5.43 Å². The van der Waals surface area contributed by atoms with Crippen LogP contribution in [0.4, 0.5) is 5.69 Å². The van der Waals surface area contributed by atoms with Crippen molar-refractivity contribution in [2.75, 3.05) is 5.32 Å². The zero-order valence-corrected chi connectivity index (χ0v) is 15.0. The number of nitrogens with zero attached hydrogens (tertiary/aromatic N) is 3. The molecule has 0 aliphatic heterocycles. The third-order valence-electron chi connectivity index (χ3n) is 4.13. The van der Waals surface area contributed by atoms with E-state index in [2.05, 4.69) is 20.6 Å². The average molecular weight is 380 g/mol. The zero-order chi connectivity index (χ0) is 19.0. The Labute approximate surface area is 158 Å². The summed E-state index contributed by atoms with van der Waals surface area (Å²) in [7, 11) is 0. The molecule has 8 heteroatoms. The average Bonchev–Trinajstić information content (AvgIpc) is 3.12. The summed E-state index contributed by atoms with van der Waals surface area (Å²) in [5.41, 5.74) is 1.98. The molecule has 0 aliphatic rings. The molecule has 2 heterocycles. The smallest absolute Gasteiger partial charge is 0.280 e. The fourth-order valence-electron chi connectivity index (χ4n) is 2.81. The Balaban J connectivity index is 1.73. The van der Waals surface area contributed by atoms with Gasteiger partial charge in [0, 0.05) is 22.2 Å². The molecule has 4 aromatic rings. The molecular weight excluding hydrogens is 366 g/mol. The summed E-state index contributed by atoms with van der Waals surface area (Å²) in [5, 5.41) is 15.1. The topological polar surface area (TPSA) is 92.7 Å². The van der Waals surface area contributed by atoms with E-state index in [-0.39, 0.29) is 5.69 Å². The highest BCUT2D eigenvalue weighted by Crippen LogP contribution is 2.21. The summed E-state index contributed by atoms with van der Waals surface area (Å²) in [6.45, 7) is 1.75. The summed E-state index contributed by atoms with van der Waals surface area (Å²) in [5.74, 6) is -0.587. The van der Waals surface area contributed by atoms with Crippen LogP contribution >= 0.6 is 11.6 Å². The number of anilines is 1. The number of halogens is 1. The van der Waals surface area contributed by atoms with Gasteiger partial charge in [0.05, 0.1) is 23.1 Å². The Hall–Kier alpha value is -3.45. The summed E-state index contributed by atoms with van der Waals surface area (Å²) in [4.78, 5) is 25.1. The second kappa shape index (κ2) is 6.69. The SMILES string of the molecule is Cc1cc(=O)c(C(=O)Nc2cccc3[nH]ncc23)nn1-c1ccc(Cl)cc1. The minimum atomic E-state index is -0.587. The number of carbonyl (C=O) groups is 1. The molecule has 4 rings (SSSR count). The van der Waals surface area contributed by atoms with E-state index in [1.807, 2.05) is 6.07 Å². The molecule has 0 saturated carbocycles. The van der Waals surface area contributed by atoms with E-state index in [9.17, 15) is 9.59 Å². The summed E-state index contributed by atoms with van der Waals surface area (Å²) >= 11 is 5.92. The molecule has 2 aromatic carbocycles. The van der Waals surface area contributed by atoms with Crippen LogP contribution in [0.2, 0.25) is 5.02 Å². The number of aromatic amines is 1. The van der Waals surface area contributed by atoms with E-state index in [1.165, 1.54) is 10.7 Å². The minimum Gasteiger partial charge on any atom is -0.320 e. The van der Waals surface area contributed by atoms with E-state index in [4.69, 9.17) is 11.6 Å². The highest BCUT2D eigenvalue weighted by Gasteiger charge is 2.17. The van der Waals surface area contributed by atoms with Crippen molar-refractivity contribution in [2.45, 2.75) is 6.92 Å². The zero-order valence-electron chi connectivity index (χ0n) is 14.2. The van der Waals surface area contributed by atoms with Gasteiger partial charge in [0.1, 0.15) is 0 Å². The maximum atomic E-state index is 12.7. The maximum Gasteiger partial charge on any atom is 0.280 e. The second-order valence-electron chi connectivity index (χ2n) is 5.98. The van der Waals surface area contributed by atoms with Crippen molar-refractivity contribution in [2.24, 2.45) is 0 Å². The van der Waals surface area contributed by atoms with Crippen LogP contribution in [0.1, 0.15) is 16.2 Å². The largest absolute Gasteiger partial charge is 0.320 e. The molecule has 2 N–H and O–H groups in total. The van der Waals surface area contributed by atoms with Gasteiger partial charge < -0.3 is 5.32 Å². The van der Waals surface area contributed by atoms with Gasteiger partial charge in [-0.15, -0.1) is 0 Å². The lowest BCUT2D eigenvalue weighted by molar-refractivity contribution is 0.101. The van der Waals surface area contributed by atoms with Crippen LogP contribution in [-0.2, 0) is 0 Å². The molecule has 7 nitrogen and oxygen atoms in total. The van der Waals surface area contributed by atoms with Gasteiger partial charge in [0.25, 0.3) is 5.91 Å². The minimum absolute atomic E-state index is 0.198. The molecule has 0 bridgehead atoms. The Morgan fingerprint density at radius 2 is 1.96 bits per heavy atom. The Bertz CT molecular complexity index is 1210. The highest BCUT2D eigenvalue weighted by atomic mass is 35.5. The van der Waals surface area contributed by atoms with E-state index in [1.54, 1.807) is 49.5 Å². The van der Waals surface area contributed by atoms with Gasteiger partial charge in [-0.05, 0) is 43.3 Å². The first kappa shape index (κ1) is 17.0.